The predicted molar refractivity (Wildman–Crippen MR) is 105 cm³/mol. The van der Waals surface area contributed by atoms with E-state index in [0.29, 0.717) is 22.7 Å². The van der Waals surface area contributed by atoms with Crippen molar-refractivity contribution in [3.05, 3.63) is 63.3 Å². The van der Waals surface area contributed by atoms with Gasteiger partial charge in [0.1, 0.15) is 0 Å². The van der Waals surface area contributed by atoms with Crippen molar-refractivity contribution >= 4 is 5.91 Å². The van der Waals surface area contributed by atoms with Crippen LogP contribution < -0.4 is 11.3 Å². The first-order chi connectivity index (χ1) is 12.8. The van der Waals surface area contributed by atoms with Crippen LogP contribution in [0.5, 0.6) is 0 Å². The molecule has 0 spiro atoms. The third-order valence-corrected chi connectivity index (χ3v) is 5.66. The van der Waals surface area contributed by atoms with Gasteiger partial charge in [0, 0.05) is 35.7 Å². The molecule has 0 atom stereocenters. The van der Waals surface area contributed by atoms with E-state index in [0.717, 1.165) is 35.6 Å². The Bertz CT molecular complexity index is 1110. The molecule has 0 unspecified atom stereocenters. The van der Waals surface area contributed by atoms with Crippen molar-refractivity contribution in [3.8, 4) is 16.8 Å². The van der Waals surface area contributed by atoms with Gasteiger partial charge < -0.3 is 10.3 Å². The first-order valence-corrected chi connectivity index (χ1v) is 9.20. The molecule has 6 nitrogen and oxygen atoms in total. The highest BCUT2D eigenvalue weighted by Gasteiger charge is 2.33. The first-order valence-electron chi connectivity index (χ1n) is 9.20. The summed E-state index contributed by atoms with van der Waals surface area (Å²) in [5.41, 5.74) is 10.7. The summed E-state index contributed by atoms with van der Waals surface area (Å²) in [5, 5.41) is 0. The van der Waals surface area contributed by atoms with Crippen molar-refractivity contribution in [2.75, 3.05) is 0 Å². The quantitative estimate of drug-likeness (QED) is 0.773. The van der Waals surface area contributed by atoms with Gasteiger partial charge in [-0.3, -0.25) is 14.3 Å². The lowest BCUT2D eigenvalue weighted by molar-refractivity contribution is 0.1000. The molecule has 2 aromatic heterocycles. The zero-order chi connectivity index (χ0) is 19.5. The molecule has 0 radical (unpaired) electrons. The zero-order valence-corrected chi connectivity index (χ0v) is 16.1. The summed E-state index contributed by atoms with van der Waals surface area (Å²) in [6.07, 6.45) is 2.19. The first kappa shape index (κ1) is 17.4. The van der Waals surface area contributed by atoms with E-state index >= 15 is 0 Å². The Kier molecular flexibility index (Phi) is 3.87. The summed E-state index contributed by atoms with van der Waals surface area (Å²) in [6.45, 7) is 5.80. The SMILES string of the molecule is Cc1c(C(N)=O)c(-c2c(C)n(C)n(-c3ccccc3)c2=O)c(C)n1C1CC1. The van der Waals surface area contributed by atoms with Gasteiger partial charge in [-0.1, -0.05) is 18.2 Å². The summed E-state index contributed by atoms with van der Waals surface area (Å²) in [7, 11) is 1.86. The number of hydrogen-bond acceptors (Lipinski definition) is 2. The van der Waals surface area contributed by atoms with Crippen LogP contribution in [0.2, 0.25) is 0 Å². The molecule has 1 fully saturated rings. The van der Waals surface area contributed by atoms with Crippen molar-refractivity contribution < 1.29 is 4.79 Å². The predicted octanol–water partition coefficient (Wildman–Crippen LogP) is 3.00. The fourth-order valence-electron chi connectivity index (χ4n) is 4.20. The van der Waals surface area contributed by atoms with Crippen LogP contribution in [0, 0.1) is 20.8 Å². The van der Waals surface area contributed by atoms with Crippen molar-refractivity contribution in [3.63, 3.8) is 0 Å². The number of aromatic nitrogens is 3. The molecule has 2 N–H and O–H groups in total. The number of benzene rings is 1. The van der Waals surface area contributed by atoms with Crippen LogP contribution in [0.3, 0.4) is 0 Å². The summed E-state index contributed by atoms with van der Waals surface area (Å²) in [6, 6.07) is 9.91. The van der Waals surface area contributed by atoms with Gasteiger partial charge in [0.25, 0.3) is 11.5 Å². The average Bonchev–Trinajstić information content (AvgIpc) is 3.38. The molecule has 1 amide bonds. The number of amides is 1. The Hall–Kier alpha value is -3.02. The second-order valence-corrected chi connectivity index (χ2v) is 7.32. The van der Waals surface area contributed by atoms with E-state index in [2.05, 4.69) is 4.57 Å². The average molecular weight is 364 g/mol. The molecule has 3 aromatic rings. The van der Waals surface area contributed by atoms with E-state index in [9.17, 15) is 9.59 Å². The number of nitrogens with zero attached hydrogens (tertiary/aromatic N) is 3. The fraction of sp³-hybridized carbons (Fsp3) is 0.333. The van der Waals surface area contributed by atoms with Crippen LogP contribution in [0.15, 0.2) is 35.1 Å². The van der Waals surface area contributed by atoms with Crippen LogP contribution >= 0.6 is 0 Å². The van der Waals surface area contributed by atoms with E-state index in [1.165, 1.54) is 0 Å². The normalized spacial score (nSPS) is 13.9. The summed E-state index contributed by atoms with van der Waals surface area (Å²) in [4.78, 5) is 25.7. The molecule has 1 aliphatic carbocycles. The minimum atomic E-state index is -0.487. The topological polar surface area (TPSA) is 75.0 Å². The lowest BCUT2D eigenvalue weighted by atomic mass is 10.0. The summed E-state index contributed by atoms with van der Waals surface area (Å²) in [5.74, 6) is -0.487. The van der Waals surface area contributed by atoms with Crippen molar-refractivity contribution in [2.45, 2.75) is 39.7 Å². The Labute approximate surface area is 157 Å². The summed E-state index contributed by atoms with van der Waals surface area (Å²) < 4.78 is 5.65. The molecule has 1 saturated carbocycles. The molecular formula is C21H24N4O2. The molecule has 1 aliphatic rings. The highest BCUT2D eigenvalue weighted by atomic mass is 16.1. The number of rotatable bonds is 4. The van der Waals surface area contributed by atoms with Gasteiger partial charge in [0.2, 0.25) is 0 Å². The lowest BCUT2D eigenvalue weighted by Gasteiger charge is -2.07. The molecule has 2 heterocycles. The molecule has 4 rings (SSSR count). The Morgan fingerprint density at radius 2 is 1.63 bits per heavy atom. The van der Waals surface area contributed by atoms with Crippen LogP contribution in [-0.2, 0) is 7.05 Å². The number of primary amides is 1. The van der Waals surface area contributed by atoms with E-state index < -0.39 is 5.91 Å². The van der Waals surface area contributed by atoms with E-state index in [-0.39, 0.29) is 5.56 Å². The molecule has 0 saturated heterocycles. The van der Waals surface area contributed by atoms with E-state index in [1.807, 2.05) is 62.8 Å². The second kappa shape index (κ2) is 6.01. The standard InChI is InChI=1S/C21H24N4O2/c1-12-19(21(27)25(23(12)4)16-8-6-5-7-9-16)17-13(2)24(15-10-11-15)14(3)18(17)20(22)26/h5-9,15H,10-11H2,1-4H3,(H2,22,26). The maximum Gasteiger partial charge on any atom is 0.279 e. The van der Waals surface area contributed by atoms with Crippen LogP contribution in [0.4, 0.5) is 0 Å². The zero-order valence-electron chi connectivity index (χ0n) is 16.1. The van der Waals surface area contributed by atoms with Crippen molar-refractivity contribution in [2.24, 2.45) is 12.8 Å². The number of carbonyl (C=O) groups is 1. The maximum atomic E-state index is 13.4. The maximum absolute atomic E-state index is 13.4. The molecule has 27 heavy (non-hydrogen) atoms. The van der Waals surface area contributed by atoms with Gasteiger partial charge in [-0.25, -0.2) is 4.68 Å². The van der Waals surface area contributed by atoms with Crippen molar-refractivity contribution in [1.29, 1.82) is 0 Å². The highest BCUT2D eigenvalue weighted by Crippen LogP contribution is 2.42. The van der Waals surface area contributed by atoms with Crippen LogP contribution in [-0.4, -0.2) is 19.8 Å². The number of hydrogen-bond donors (Lipinski definition) is 1. The molecule has 140 valence electrons. The lowest BCUT2D eigenvalue weighted by Crippen LogP contribution is -2.20. The Morgan fingerprint density at radius 1 is 1.00 bits per heavy atom. The minimum absolute atomic E-state index is 0.139. The molecule has 6 heteroatoms. The molecule has 0 aliphatic heterocycles. The van der Waals surface area contributed by atoms with Gasteiger partial charge in [-0.05, 0) is 45.7 Å². The summed E-state index contributed by atoms with van der Waals surface area (Å²) >= 11 is 0. The van der Waals surface area contributed by atoms with Crippen molar-refractivity contribution in [1.82, 2.24) is 13.9 Å². The number of nitrogens with two attached hydrogens (primary N) is 1. The van der Waals surface area contributed by atoms with Gasteiger partial charge in [-0.15, -0.1) is 0 Å². The molecule has 0 bridgehead atoms. The Morgan fingerprint density at radius 3 is 2.19 bits per heavy atom. The van der Waals surface area contributed by atoms with Gasteiger partial charge in [0.05, 0.1) is 16.8 Å². The van der Waals surface area contributed by atoms with Gasteiger partial charge in [0.15, 0.2) is 0 Å². The third kappa shape index (κ3) is 2.47. The molecule has 1 aromatic carbocycles. The third-order valence-electron chi connectivity index (χ3n) is 5.66. The molecular weight excluding hydrogens is 340 g/mol. The smallest absolute Gasteiger partial charge is 0.279 e. The van der Waals surface area contributed by atoms with E-state index in [4.69, 9.17) is 5.73 Å². The largest absolute Gasteiger partial charge is 0.366 e. The second-order valence-electron chi connectivity index (χ2n) is 7.32. The Balaban J connectivity index is 2.05. The highest BCUT2D eigenvalue weighted by molar-refractivity contribution is 6.02. The monoisotopic (exact) mass is 364 g/mol. The number of carbonyl (C=O) groups excluding carboxylic acids is 1. The van der Waals surface area contributed by atoms with Crippen LogP contribution in [0.25, 0.3) is 16.8 Å². The van der Waals surface area contributed by atoms with E-state index in [1.54, 1.807) is 4.68 Å². The minimum Gasteiger partial charge on any atom is -0.366 e. The fourth-order valence-corrected chi connectivity index (χ4v) is 4.20. The van der Waals surface area contributed by atoms with Crippen LogP contribution in [0.1, 0.15) is 46.3 Å². The number of para-hydroxylation sites is 1. The van der Waals surface area contributed by atoms with Gasteiger partial charge >= 0.3 is 0 Å². The van der Waals surface area contributed by atoms with Gasteiger partial charge in [-0.2, -0.15) is 0 Å².